The van der Waals surface area contributed by atoms with Crippen molar-refractivity contribution in [2.45, 2.75) is 68.3 Å². The Kier molecular flexibility index (Phi) is 9.57. The van der Waals surface area contributed by atoms with Crippen molar-refractivity contribution in [1.29, 1.82) is 0 Å². The van der Waals surface area contributed by atoms with Gasteiger partial charge in [0, 0.05) is 19.5 Å². The molecule has 0 radical (unpaired) electrons. The number of para-hydroxylation sites is 2. The van der Waals surface area contributed by atoms with Gasteiger partial charge in [-0.15, -0.1) is 13.2 Å². The quantitative estimate of drug-likeness (QED) is 0.246. The molecule has 1 aliphatic heterocycles. The number of benzene rings is 1. The number of anilines is 1. The fraction of sp³-hybridized carbons (Fsp3) is 0.562. The van der Waals surface area contributed by atoms with Gasteiger partial charge in [0.2, 0.25) is 21.8 Å². The van der Waals surface area contributed by atoms with E-state index in [-0.39, 0.29) is 31.7 Å². The van der Waals surface area contributed by atoms with Crippen LogP contribution in [0.3, 0.4) is 0 Å². The van der Waals surface area contributed by atoms with E-state index in [1.165, 1.54) is 11.0 Å². The van der Waals surface area contributed by atoms with Crippen LogP contribution >= 0.6 is 0 Å². The average Bonchev–Trinajstić information content (AvgIpc) is 3.95. The first kappa shape index (κ1) is 32.5. The second kappa shape index (κ2) is 13.2. The Morgan fingerprint density at radius 2 is 1.87 bits per heavy atom. The van der Waals surface area contributed by atoms with Crippen molar-refractivity contribution in [3.8, 4) is 5.75 Å². The van der Waals surface area contributed by atoms with Gasteiger partial charge in [-0.1, -0.05) is 24.3 Å². The molecule has 2 N–H and O–H groups in total. The lowest BCUT2D eigenvalue weighted by Crippen LogP contribution is -2.54. The molecule has 4 aliphatic rings. The highest BCUT2D eigenvalue weighted by atomic mass is 32.2. The standard InChI is InChI=1S/C32H42N4O8S/c1-4-6-7-10-15-35(3)29(38)25-19-22(44-31(40)36-16-17-43-27-12-9-8-11-26(27)36)18-24(25)28(37)33-32(20-21(32)5-2)30(39)34-45(41,42)23-13-14-23/h4-5,8-9,11-12,21-25H,1-2,6-7,10,13-20H2,3H3,(H,33,37)(H,34,39). The fourth-order valence-electron chi connectivity index (χ4n) is 6.27. The Hall–Kier alpha value is -3.87. The number of hydrogen-bond donors (Lipinski definition) is 2. The van der Waals surface area contributed by atoms with E-state index in [9.17, 15) is 27.6 Å². The first-order chi connectivity index (χ1) is 21.5. The number of allylic oxidation sites excluding steroid dienone is 1. The Labute approximate surface area is 264 Å². The first-order valence-electron chi connectivity index (χ1n) is 15.6. The van der Waals surface area contributed by atoms with Crippen LogP contribution in [0.2, 0.25) is 0 Å². The molecule has 244 valence electrons. The van der Waals surface area contributed by atoms with E-state index in [4.69, 9.17) is 9.47 Å². The normalized spacial score (nSPS) is 26.9. The molecule has 3 saturated carbocycles. The Morgan fingerprint density at radius 3 is 2.56 bits per heavy atom. The maximum Gasteiger partial charge on any atom is 0.414 e. The maximum atomic E-state index is 13.9. The molecule has 45 heavy (non-hydrogen) atoms. The molecule has 0 bridgehead atoms. The number of rotatable bonds is 13. The van der Waals surface area contributed by atoms with Gasteiger partial charge < -0.3 is 19.7 Å². The minimum absolute atomic E-state index is 0.0705. The van der Waals surface area contributed by atoms with E-state index in [1.54, 1.807) is 30.1 Å². The highest BCUT2D eigenvalue weighted by molar-refractivity contribution is 7.91. The van der Waals surface area contributed by atoms with Crippen molar-refractivity contribution in [2.24, 2.45) is 17.8 Å². The van der Waals surface area contributed by atoms with Crippen LogP contribution < -0.4 is 19.7 Å². The first-order valence-corrected chi connectivity index (χ1v) is 17.1. The van der Waals surface area contributed by atoms with Gasteiger partial charge in [-0.2, -0.15) is 0 Å². The molecule has 13 heteroatoms. The van der Waals surface area contributed by atoms with Crippen LogP contribution in [0.4, 0.5) is 10.5 Å². The Morgan fingerprint density at radius 1 is 1.13 bits per heavy atom. The number of fused-ring (bicyclic) bond motifs is 1. The number of sulfonamides is 1. The van der Waals surface area contributed by atoms with Crippen LogP contribution in [0.5, 0.6) is 5.75 Å². The number of hydrogen-bond acceptors (Lipinski definition) is 8. The SMILES string of the molecule is C=CCCCCN(C)C(=O)C1CC(OC(=O)N2CCOc3ccccc32)CC1C(=O)NC1(C(=O)NS(=O)(=O)C2CC2)CC1C=C. The average molecular weight is 643 g/mol. The summed E-state index contributed by atoms with van der Waals surface area (Å²) in [6.45, 7) is 8.53. The number of unbranched alkanes of at least 4 members (excludes halogenated alkanes) is 2. The van der Waals surface area contributed by atoms with Crippen LogP contribution in [0, 0.1) is 17.8 Å². The Balaban J connectivity index is 1.32. The summed E-state index contributed by atoms with van der Waals surface area (Å²) in [5, 5.41) is 2.18. The third-order valence-electron chi connectivity index (χ3n) is 9.17. The molecule has 0 aromatic heterocycles. The third kappa shape index (κ3) is 7.03. The van der Waals surface area contributed by atoms with Crippen LogP contribution in [-0.2, 0) is 29.1 Å². The van der Waals surface area contributed by atoms with Crippen molar-refractivity contribution in [3.63, 3.8) is 0 Å². The highest BCUT2D eigenvalue weighted by Crippen LogP contribution is 2.46. The summed E-state index contributed by atoms with van der Waals surface area (Å²) in [5.74, 6) is -3.24. The fourth-order valence-corrected chi connectivity index (χ4v) is 7.64. The van der Waals surface area contributed by atoms with Gasteiger partial charge >= 0.3 is 6.09 Å². The van der Waals surface area contributed by atoms with Crippen molar-refractivity contribution in [2.75, 3.05) is 31.6 Å². The van der Waals surface area contributed by atoms with Crippen LogP contribution in [0.15, 0.2) is 49.6 Å². The highest BCUT2D eigenvalue weighted by Gasteiger charge is 2.62. The van der Waals surface area contributed by atoms with Gasteiger partial charge in [-0.05, 0) is 63.5 Å². The molecule has 5 rings (SSSR count). The van der Waals surface area contributed by atoms with Gasteiger partial charge in [0.25, 0.3) is 5.91 Å². The topological polar surface area (TPSA) is 151 Å². The van der Waals surface area contributed by atoms with E-state index in [0.717, 1.165) is 19.3 Å². The third-order valence-corrected chi connectivity index (χ3v) is 11.0. The van der Waals surface area contributed by atoms with E-state index in [2.05, 4.69) is 23.2 Å². The lowest BCUT2D eigenvalue weighted by atomic mass is 9.93. The second-order valence-corrected chi connectivity index (χ2v) is 14.3. The zero-order valence-electron chi connectivity index (χ0n) is 25.6. The van der Waals surface area contributed by atoms with E-state index >= 15 is 0 Å². The molecule has 0 saturated heterocycles. The monoisotopic (exact) mass is 642 g/mol. The predicted octanol–water partition coefficient (Wildman–Crippen LogP) is 2.90. The lowest BCUT2D eigenvalue weighted by Gasteiger charge is -2.29. The molecule has 5 atom stereocenters. The summed E-state index contributed by atoms with van der Waals surface area (Å²) in [7, 11) is -2.16. The minimum atomic E-state index is -3.84. The predicted molar refractivity (Wildman–Crippen MR) is 167 cm³/mol. The van der Waals surface area contributed by atoms with Crippen molar-refractivity contribution >= 4 is 39.5 Å². The lowest BCUT2D eigenvalue weighted by molar-refractivity contribution is -0.140. The van der Waals surface area contributed by atoms with Gasteiger partial charge in [-0.25, -0.2) is 13.2 Å². The summed E-state index contributed by atoms with van der Waals surface area (Å²) >= 11 is 0. The minimum Gasteiger partial charge on any atom is -0.490 e. The summed E-state index contributed by atoms with van der Waals surface area (Å²) in [6, 6.07) is 7.12. The van der Waals surface area contributed by atoms with Gasteiger partial charge in [0.1, 0.15) is 24.0 Å². The number of carbonyl (C=O) groups is 4. The molecule has 4 amide bonds. The van der Waals surface area contributed by atoms with Crippen LogP contribution in [-0.4, -0.2) is 80.8 Å². The van der Waals surface area contributed by atoms with Gasteiger partial charge in [0.15, 0.2) is 0 Å². The van der Waals surface area contributed by atoms with E-state index < -0.39 is 62.6 Å². The smallest absolute Gasteiger partial charge is 0.414 e. The van der Waals surface area contributed by atoms with Crippen LogP contribution in [0.1, 0.15) is 51.4 Å². The summed E-state index contributed by atoms with van der Waals surface area (Å²) in [6.07, 6.45) is 5.80. The molecule has 1 aromatic rings. The molecular formula is C32H42N4O8S. The second-order valence-electron chi connectivity index (χ2n) is 12.4. The molecule has 12 nitrogen and oxygen atoms in total. The maximum absolute atomic E-state index is 13.9. The van der Waals surface area contributed by atoms with Crippen molar-refractivity contribution in [1.82, 2.24) is 14.9 Å². The zero-order valence-corrected chi connectivity index (χ0v) is 26.4. The number of nitrogens with one attached hydrogen (secondary N) is 2. The largest absolute Gasteiger partial charge is 0.490 e. The Bertz CT molecular complexity index is 1460. The molecule has 3 aliphatic carbocycles. The van der Waals surface area contributed by atoms with Crippen molar-refractivity contribution in [3.05, 3.63) is 49.6 Å². The van der Waals surface area contributed by atoms with E-state index in [0.29, 0.717) is 37.4 Å². The molecule has 1 heterocycles. The molecule has 1 aromatic carbocycles. The summed E-state index contributed by atoms with van der Waals surface area (Å²) in [5.41, 5.74) is -0.900. The number of ether oxygens (including phenoxy) is 2. The number of nitrogens with zero attached hydrogens (tertiary/aromatic N) is 2. The van der Waals surface area contributed by atoms with Gasteiger partial charge in [0.05, 0.1) is 29.3 Å². The molecule has 3 fully saturated rings. The number of carbonyl (C=O) groups excluding carboxylic acids is 4. The van der Waals surface area contributed by atoms with Gasteiger partial charge in [-0.3, -0.25) is 24.0 Å². The molecule has 5 unspecified atom stereocenters. The zero-order chi connectivity index (χ0) is 32.4. The van der Waals surface area contributed by atoms with Crippen molar-refractivity contribution < 1.29 is 37.1 Å². The molecular weight excluding hydrogens is 600 g/mol. The summed E-state index contributed by atoms with van der Waals surface area (Å²) < 4.78 is 38.7. The number of amides is 4. The van der Waals surface area contributed by atoms with E-state index in [1.807, 2.05) is 12.1 Å². The summed E-state index contributed by atoms with van der Waals surface area (Å²) in [4.78, 5) is 57.3. The van der Waals surface area contributed by atoms with Crippen LogP contribution in [0.25, 0.3) is 0 Å². The molecule has 0 spiro atoms.